The minimum Gasteiger partial charge on any atom is -0.443 e. The van der Waals surface area contributed by atoms with Crippen molar-refractivity contribution in [2.24, 2.45) is 5.92 Å². The second kappa shape index (κ2) is 7.39. The molecule has 0 saturated carbocycles. The van der Waals surface area contributed by atoms with Crippen molar-refractivity contribution in [2.75, 3.05) is 20.6 Å². The summed E-state index contributed by atoms with van der Waals surface area (Å²) < 4.78 is 5.61. The molecule has 1 aliphatic rings. The van der Waals surface area contributed by atoms with Crippen LogP contribution in [0, 0.1) is 5.92 Å². The average Bonchev–Trinajstić information content (AvgIpc) is 2.45. The molecule has 0 radical (unpaired) electrons. The topological polar surface area (TPSA) is 32.8 Å². The molecule has 0 bridgehead atoms. The Balaban J connectivity index is 2.30. The van der Waals surface area contributed by atoms with Crippen LogP contribution >= 0.6 is 0 Å². The van der Waals surface area contributed by atoms with Crippen molar-refractivity contribution in [3.8, 4) is 0 Å². The van der Waals surface area contributed by atoms with Crippen molar-refractivity contribution >= 4 is 11.8 Å². The Hall–Kier alpha value is -1.81. The maximum absolute atomic E-state index is 12.7. The first-order valence-corrected chi connectivity index (χ1v) is 8.60. The lowest BCUT2D eigenvalue weighted by Crippen LogP contribution is -2.39. The first kappa shape index (κ1) is 18.5. The van der Waals surface area contributed by atoms with Gasteiger partial charge in [-0.3, -0.25) is 4.90 Å². The van der Waals surface area contributed by atoms with Gasteiger partial charge < -0.3 is 9.64 Å². The lowest BCUT2D eigenvalue weighted by Gasteiger charge is -2.34. The Morgan fingerprint density at radius 2 is 2.04 bits per heavy atom. The van der Waals surface area contributed by atoms with Crippen molar-refractivity contribution in [3.05, 3.63) is 41.5 Å². The van der Waals surface area contributed by atoms with Gasteiger partial charge in [0.1, 0.15) is 5.60 Å². The third-order valence-corrected chi connectivity index (χ3v) is 3.83. The number of allylic oxidation sites excluding steroid dienone is 1. The van der Waals surface area contributed by atoms with Gasteiger partial charge in [0, 0.05) is 13.1 Å². The molecule has 0 saturated heterocycles. The molecule has 1 heterocycles. The van der Waals surface area contributed by atoms with E-state index in [-0.39, 0.29) is 6.09 Å². The van der Waals surface area contributed by atoms with Crippen LogP contribution in [-0.2, 0) is 11.3 Å². The Morgan fingerprint density at radius 1 is 1.33 bits per heavy atom. The van der Waals surface area contributed by atoms with E-state index in [1.165, 1.54) is 5.56 Å². The molecule has 1 unspecified atom stereocenters. The van der Waals surface area contributed by atoms with Gasteiger partial charge in [-0.25, -0.2) is 4.79 Å². The smallest absolute Gasteiger partial charge is 0.414 e. The molecule has 0 spiro atoms. The van der Waals surface area contributed by atoms with E-state index >= 15 is 0 Å². The van der Waals surface area contributed by atoms with Gasteiger partial charge in [0.2, 0.25) is 0 Å². The average molecular weight is 330 g/mol. The maximum Gasteiger partial charge on any atom is 0.414 e. The van der Waals surface area contributed by atoms with Crippen LogP contribution in [0.1, 0.15) is 45.2 Å². The summed E-state index contributed by atoms with van der Waals surface area (Å²) >= 11 is 0. The highest BCUT2D eigenvalue weighted by molar-refractivity contribution is 5.83. The van der Waals surface area contributed by atoms with Gasteiger partial charge in [0.05, 0.1) is 5.70 Å². The van der Waals surface area contributed by atoms with Crippen LogP contribution in [0.15, 0.2) is 30.3 Å². The normalized spacial score (nSPS) is 18.5. The minimum atomic E-state index is -0.490. The third kappa shape index (κ3) is 5.10. The largest absolute Gasteiger partial charge is 0.443 e. The highest BCUT2D eigenvalue weighted by Crippen LogP contribution is 2.29. The van der Waals surface area contributed by atoms with Crippen LogP contribution in [0.5, 0.6) is 0 Å². The molecule has 132 valence electrons. The number of carbonyl (C=O) groups is 1. The number of carbonyl (C=O) groups excluding carboxylic acids is 1. The molecule has 4 heteroatoms. The van der Waals surface area contributed by atoms with Gasteiger partial charge in [-0.15, -0.1) is 0 Å². The summed E-state index contributed by atoms with van der Waals surface area (Å²) in [6, 6.07) is 8.41. The molecule has 1 aromatic rings. The zero-order valence-electron chi connectivity index (χ0n) is 15.8. The summed E-state index contributed by atoms with van der Waals surface area (Å²) in [7, 11) is 4.11. The highest BCUT2D eigenvalue weighted by Gasteiger charge is 2.29. The number of hydrogen-bond acceptors (Lipinski definition) is 3. The van der Waals surface area contributed by atoms with E-state index < -0.39 is 5.60 Å². The van der Waals surface area contributed by atoms with E-state index in [9.17, 15) is 4.79 Å². The van der Waals surface area contributed by atoms with E-state index in [0.717, 1.165) is 24.2 Å². The van der Waals surface area contributed by atoms with E-state index in [1.54, 1.807) is 4.90 Å². The Bertz CT molecular complexity index is 614. The predicted octanol–water partition coefficient (Wildman–Crippen LogP) is 4.37. The number of hydrogen-bond donors (Lipinski definition) is 0. The molecule has 1 amide bonds. The summed E-state index contributed by atoms with van der Waals surface area (Å²) in [5.74, 6) is 0.436. The molecule has 0 N–H and O–H groups in total. The fourth-order valence-electron chi connectivity index (χ4n) is 2.87. The number of rotatable bonds is 3. The molecular formula is C20H30N2O2. The lowest BCUT2D eigenvalue weighted by molar-refractivity contribution is 0.0327. The van der Waals surface area contributed by atoms with Gasteiger partial charge in [-0.1, -0.05) is 31.2 Å². The molecule has 4 nitrogen and oxygen atoms in total. The number of benzene rings is 1. The summed E-state index contributed by atoms with van der Waals surface area (Å²) in [4.78, 5) is 16.6. The van der Waals surface area contributed by atoms with E-state index in [1.807, 2.05) is 20.8 Å². The predicted molar refractivity (Wildman–Crippen MR) is 98.5 cm³/mol. The molecule has 1 aliphatic heterocycles. The fraction of sp³-hybridized carbons (Fsp3) is 0.550. The summed E-state index contributed by atoms with van der Waals surface area (Å²) in [5.41, 5.74) is 2.78. The van der Waals surface area contributed by atoms with E-state index in [2.05, 4.69) is 56.3 Å². The van der Waals surface area contributed by atoms with Gasteiger partial charge >= 0.3 is 6.09 Å². The van der Waals surface area contributed by atoms with Crippen LogP contribution in [0.3, 0.4) is 0 Å². The molecule has 0 fully saturated rings. The highest BCUT2D eigenvalue weighted by atomic mass is 16.6. The number of nitrogens with zero attached hydrogens (tertiary/aromatic N) is 2. The number of ether oxygens (including phenoxy) is 1. The zero-order chi connectivity index (χ0) is 17.9. The second-order valence-corrected chi connectivity index (χ2v) is 7.96. The maximum atomic E-state index is 12.7. The molecular weight excluding hydrogens is 300 g/mol. The quantitative estimate of drug-likeness (QED) is 0.825. The zero-order valence-corrected chi connectivity index (χ0v) is 15.8. The van der Waals surface area contributed by atoms with E-state index in [4.69, 9.17) is 4.74 Å². The molecule has 24 heavy (non-hydrogen) atoms. The summed E-state index contributed by atoms with van der Waals surface area (Å²) in [6.07, 6.45) is 2.87. The monoisotopic (exact) mass is 330 g/mol. The van der Waals surface area contributed by atoms with E-state index in [0.29, 0.717) is 12.5 Å². The molecule has 0 aliphatic carbocycles. The van der Waals surface area contributed by atoms with Crippen molar-refractivity contribution in [2.45, 2.75) is 46.3 Å². The van der Waals surface area contributed by atoms with Gasteiger partial charge in [-0.05, 0) is 64.4 Å². The SMILES string of the molecule is CC1CC=C(c2cccc(CN(C)C)c2)N(C(=O)OC(C)(C)C)C1. The third-order valence-electron chi connectivity index (χ3n) is 3.83. The van der Waals surface area contributed by atoms with Gasteiger partial charge in [0.25, 0.3) is 0 Å². The second-order valence-electron chi connectivity index (χ2n) is 7.96. The molecule has 1 aromatic carbocycles. The van der Waals surface area contributed by atoms with Crippen LogP contribution in [0.4, 0.5) is 4.79 Å². The molecule has 1 atom stereocenters. The van der Waals surface area contributed by atoms with Crippen LogP contribution in [-0.4, -0.2) is 42.1 Å². The Morgan fingerprint density at radius 3 is 2.67 bits per heavy atom. The Labute approximate surface area is 146 Å². The fourth-order valence-corrected chi connectivity index (χ4v) is 2.87. The molecule has 0 aromatic heterocycles. The molecule has 2 rings (SSSR count). The number of amides is 1. The minimum absolute atomic E-state index is 0.265. The standard InChI is InChI=1S/C20H30N2O2/c1-15-10-11-18(22(13-15)19(23)24-20(2,3)4)17-9-7-8-16(12-17)14-21(5)6/h7-9,11-12,15H,10,13-14H2,1-6H3. The van der Waals surface area contributed by atoms with Crippen LogP contribution in [0.25, 0.3) is 5.70 Å². The first-order chi connectivity index (χ1) is 11.2. The van der Waals surface area contributed by atoms with Gasteiger partial charge in [-0.2, -0.15) is 0 Å². The van der Waals surface area contributed by atoms with Crippen molar-refractivity contribution in [1.82, 2.24) is 9.80 Å². The van der Waals surface area contributed by atoms with Crippen molar-refractivity contribution < 1.29 is 9.53 Å². The van der Waals surface area contributed by atoms with Crippen molar-refractivity contribution in [1.29, 1.82) is 0 Å². The van der Waals surface area contributed by atoms with Crippen LogP contribution in [0.2, 0.25) is 0 Å². The summed E-state index contributed by atoms with van der Waals surface area (Å²) in [6.45, 7) is 9.44. The first-order valence-electron chi connectivity index (χ1n) is 8.60. The summed E-state index contributed by atoms with van der Waals surface area (Å²) in [5, 5.41) is 0. The van der Waals surface area contributed by atoms with Gasteiger partial charge in [0.15, 0.2) is 0 Å². The van der Waals surface area contributed by atoms with Crippen LogP contribution < -0.4 is 0 Å². The van der Waals surface area contributed by atoms with Crippen molar-refractivity contribution in [3.63, 3.8) is 0 Å². The lowest BCUT2D eigenvalue weighted by atomic mass is 9.97. The Kier molecular flexibility index (Phi) is 5.70.